The molecule has 19 heavy (non-hydrogen) atoms. The molecule has 0 radical (unpaired) electrons. The van der Waals surface area contributed by atoms with Gasteiger partial charge < -0.3 is 9.30 Å². The second-order valence-electron chi connectivity index (χ2n) is 3.97. The van der Waals surface area contributed by atoms with E-state index in [9.17, 15) is 0 Å². The lowest BCUT2D eigenvalue weighted by atomic mass is 10.0. The second kappa shape index (κ2) is 6.65. The largest absolute Gasteiger partial charge is 0.497 e. The maximum atomic E-state index is 9.05. The van der Waals surface area contributed by atoms with Crippen molar-refractivity contribution in [2.75, 3.05) is 7.11 Å². The van der Waals surface area contributed by atoms with E-state index >= 15 is 0 Å². The predicted octanol–water partition coefficient (Wildman–Crippen LogP) is 3.91. The SMILES string of the molecule is CC.COc1ccc(-c2cn(C)c(C#N)c2C)cc1. The number of methoxy groups -OCH3 is 1. The van der Waals surface area contributed by atoms with Crippen LogP contribution >= 0.6 is 0 Å². The van der Waals surface area contributed by atoms with Gasteiger partial charge >= 0.3 is 0 Å². The minimum atomic E-state index is 0.704. The molecule has 0 atom stereocenters. The molecule has 1 aromatic carbocycles. The van der Waals surface area contributed by atoms with Crippen LogP contribution < -0.4 is 4.74 Å². The molecule has 0 unspecified atom stereocenters. The molecule has 1 aromatic heterocycles. The first-order chi connectivity index (χ1) is 9.17. The van der Waals surface area contributed by atoms with Crippen LogP contribution in [-0.4, -0.2) is 11.7 Å². The second-order valence-corrected chi connectivity index (χ2v) is 3.97. The summed E-state index contributed by atoms with van der Waals surface area (Å²) in [5.74, 6) is 0.836. The molecule has 0 bridgehead atoms. The molecule has 0 aliphatic heterocycles. The maximum absolute atomic E-state index is 9.05. The van der Waals surface area contributed by atoms with Gasteiger partial charge in [0.15, 0.2) is 0 Å². The highest BCUT2D eigenvalue weighted by Crippen LogP contribution is 2.28. The molecule has 0 saturated heterocycles. The third-order valence-corrected chi connectivity index (χ3v) is 2.94. The van der Waals surface area contributed by atoms with Crippen molar-refractivity contribution < 1.29 is 4.74 Å². The molecule has 0 fully saturated rings. The van der Waals surface area contributed by atoms with E-state index in [0.717, 1.165) is 22.4 Å². The van der Waals surface area contributed by atoms with Crippen molar-refractivity contribution in [2.45, 2.75) is 20.8 Å². The minimum Gasteiger partial charge on any atom is -0.497 e. The summed E-state index contributed by atoms with van der Waals surface area (Å²) in [7, 11) is 3.54. The predicted molar refractivity (Wildman–Crippen MR) is 78.2 cm³/mol. The molecular weight excluding hydrogens is 236 g/mol. The Bertz CT molecular complexity index is 574. The number of benzene rings is 1. The Kier molecular flexibility index (Phi) is 5.20. The smallest absolute Gasteiger partial charge is 0.123 e. The molecule has 2 aromatic rings. The number of hydrogen-bond acceptors (Lipinski definition) is 2. The van der Waals surface area contributed by atoms with Gasteiger partial charge in [-0.1, -0.05) is 26.0 Å². The average molecular weight is 256 g/mol. The summed E-state index contributed by atoms with van der Waals surface area (Å²) in [4.78, 5) is 0. The van der Waals surface area contributed by atoms with Crippen LogP contribution in [0.2, 0.25) is 0 Å². The van der Waals surface area contributed by atoms with Crippen LogP contribution in [0.5, 0.6) is 5.75 Å². The van der Waals surface area contributed by atoms with Crippen molar-refractivity contribution in [3.8, 4) is 22.9 Å². The van der Waals surface area contributed by atoms with Gasteiger partial charge in [-0.05, 0) is 30.2 Å². The van der Waals surface area contributed by atoms with Gasteiger partial charge in [-0.3, -0.25) is 0 Å². The summed E-state index contributed by atoms with van der Waals surface area (Å²) < 4.78 is 6.98. The lowest BCUT2D eigenvalue weighted by Gasteiger charge is -2.02. The molecule has 0 N–H and O–H groups in total. The van der Waals surface area contributed by atoms with Gasteiger partial charge in [-0.25, -0.2) is 0 Å². The van der Waals surface area contributed by atoms with E-state index in [2.05, 4.69) is 6.07 Å². The van der Waals surface area contributed by atoms with E-state index in [1.807, 2.05) is 62.8 Å². The van der Waals surface area contributed by atoms with Crippen LogP contribution in [-0.2, 0) is 7.05 Å². The Balaban J connectivity index is 0.000000861. The van der Waals surface area contributed by atoms with Gasteiger partial charge in [0.05, 0.1) is 7.11 Å². The van der Waals surface area contributed by atoms with Gasteiger partial charge in [0, 0.05) is 18.8 Å². The minimum absolute atomic E-state index is 0.704. The van der Waals surface area contributed by atoms with Crippen LogP contribution in [0.25, 0.3) is 11.1 Å². The van der Waals surface area contributed by atoms with E-state index < -0.39 is 0 Å². The van der Waals surface area contributed by atoms with E-state index in [4.69, 9.17) is 10.00 Å². The van der Waals surface area contributed by atoms with Crippen LogP contribution in [0.15, 0.2) is 30.5 Å². The Morgan fingerprint density at radius 1 is 1.16 bits per heavy atom. The molecule has 3 nitrogen and oxygen atoms in total. The standard InChI is InChI=1S/C14H14N2O.C2H6/c1-10-13(9-16(2)14(10)8-15)11-4-6-12(17-3)7-5-11;1-2/h4-7,9H,1-3H3;1-2H3. The van der Waals surface area contributed by atoms with Crippen molar-refractivity contribution in [1.82, 2.24) is 4.57 Å². The summed E-state index contributed by atoms with van der Waals surface area (Å²) in [5.41, 5.74) is 3.91. The number of aryl methyl sites for hydroxylation is 1. The Labute approximate surface area is 115 Å². The van der Waals surface area contributed by atoms with Crippen molar-refractivity contribution in [3.63, 3.8) is 0 Å². The molecular formula is C16H20N2O. The number of aromatic nitrogens is 1. The first-order valence-corrected chi connectivity index (χ1v) is 6.38. The molecule has 0 spiro atoms. The lowest BCUT2D eigenvalue weighted by Crippen LogP contribution is -1.89. The van der Waals surface area contributed by atoms with E-state index in [-0.39, 0.29) is 0 Å². The molecule has 0 aliphatic rings. The highest BCUT2D eigenvalue weighted by molar-refractivity contribution is 5.70. The number of hydrogen-bond donors (Lipinski definition) is 0. The monoisotopic (exact) mass is 256 g/mol. The van der Waals surface area contributed by atoms with E-state index in [1.54, 1.807) is 7.11 Å². The van der Waals surface area contributed by atoms with Gasteiger partial charge in [0.2, 0.25) is 0 Å². The molecule has 1 heterocycles. The maximum Gasteiger partial charge on any atom is 0.123 e. The van der Waals surface area contributed by atoms with Crippen LogP contribution in [0, 0.1) is 18.3 Å². The highest BCUT2D eigenvalue weighted by Gasteiger charge is 2.11. The number of nitriles is 1. The molecule has 0 saturated carbocycles. The fraction of sp³-hybridized carbons (Fsp3) is 0.312. The molecule has 0 amide bonds. The summed E-state index contributed by atoms with van der Waals surface area (Å²) >= 11 is 0. The zero-order valence-corrected chi connectivity index (χ0v) is 12.2. The third kappa shape index (κ3) is 2.97. The van der Waals surface area contributed by atoms with Gasteiger partial charge in [0.1, 0.15) is 17.5 Å². The van der Waals surface area contributed by atoms with Crippen LogP contribution in [0.4, 0.5) is 0 Å². The van der Waals surface area contributed by atoms with Gasteiger partial charge in [-0.2, -0.15) is 5.26 Å². The summed E-state index contributed by atoms with van der Waals surface area (Å²) in [6.07, 6.45) is 1.98. The zero-order valence-electron chi connectivity index (χ0n) is 12.2. The Morgan fingerprint density at radius 3 is 2.16 bits per heavy atom. The molecule has 3 heteroatoms. The number of ether oxygens (including phenoxy) is 1. The van der Waals surface area contributed by atoms with Crippen molar-refractivity contribution in [1.29, 1.82) is 5.26 Å². The average Bonchev–Trinajstić information content (AvgIpc) is 2.75. The summed E-state index contributed by atoms with van der Waals surface area (Å²) in [6.45, 7) is 5.97. The topological polar surface area (TPSA) is 38.0 Å². The van der Waals surface area contributed by atoms with Crippen LogP contribution in [0.1, 0.15) is 25.1 Å². The quantitative estimate of drug-likeness (QED) is 0.817. The molecule has 100 valence electrons. The Morgan fingerprint density at radius 2 is 1.74 bits per heavy atom. The molecule has 2 rings (SSSR count). The number of nitrogens with zero attached hydrogens (tertiary/aromatic N) is 2. The zero-order chi connectivity index (χ0) is 14.4. The molecule has 0 aliphatic carbocycles. The van der Waals surface area contributed by atoms with Crippen LogP contribution in [0.3, 0.4) is 0 Å². The highest BCUT2D eigenvalue weighted by atomic mass is 16.5. The summed E-state index contributed by atoms with van der Waals surface area (Å²) in [5, 5.41) is 9.05. The van der Waals surface area contributed by atoms with Crippen molar-refractivity contribution in [3.05, 3.63) is 41.7 Å². The van der Waals surface area contributed by atoms with Crippen molar-refractivity contribution in [2.24, 2.45) is 7.05 Å². The van der Waals surface area contributed by atoms with Gasteiger partial charge in [0.25, 0.3) is 0 Å². The van der Waals surface area contributed by atoms with E-state index in [0.29, 0.717) is 5.69 Å². The van der Waals surface area contributed by atoms with E-state index in [1.165, 1.54) is 0 Å². The lowest BCUT2D eigenvalue weighted by molar-refractivity contribution is 0.415. The first kappa shape index (κ1) is 14.8. The fourth-order valence-corrected chi connectivity index (χ4v) is 1.97. The Hall–Kier alpha value is -2.21. The first-order valence-electron chi connectivity index (χ1n) is 6.38. The van der Waals surface area contributed by atoms with Crippen molar-refractivity contribution >= 4 is 0 Å². The fourth-order valence-electron chi connectivity index (χ4n) is 1.97. The number of rotatable bonds is 2. The normalized spacial score (nSPS) is 9.26. The summed E-state index contributed by atoms with van der Waals surface area (Å²) in [6, 6.07) is 10.1. The van der Waals surface area contributed by atoms with Gasteiger partial charge in [-0.15, -0.1) is 0 Å². The third-order valence-electron chi connectivity index (χ3n) is 2.94.